The van der Waals surface area contributed by atoms with Gasteiger partial charge in [0, 0.05) is 13.1 Å². The molecule has 0 aromatic heterocycles. The Labute approximate surface area is 107 Å². The first kappa shape index (κ1) is 14.0. The van der Waals surface area contributed by atoms with Crippen LogP contribution in [-0.2, 0) is 0 Å². The number of anilines is 1. The molecule has 2 N–H and O–H groups in total. The second kappa shape index (κ2) is 5.32. The van der Waals surface area contributed by atoms with Crippen LogP contribution in [0.4, 0.5) is 27.6 Å². The highest BCUT2D eigenvalue weighted by molar-refractivity contribution is 5.51. The van der Waals surface area contributed by atoms with Crippen LogP contribution in [0.25, 0.3) is 0 Å². The van der Waals surface area contributed by atoms with E-state index in [1.807, 2.05) is 0 Å². The van der Waals surface area contributed by atoms with Crippen molar-refractivity contribution in [2.24, 2.45) is 11.7 Å². The third-order valence-corrected chi connectivity index (χ3v) is 3.36. The lowest BCUT2D eigenvalue weighted by atomic mass is 10.1. The summed E-state index contributed by atoms with van der Waals surface area (Å²) in [5.41, 5.74) is 4.55. The maximum absolute atomic E-state index is 13.6. The molecule has 7 heteroatoms. The second-order valence-corrected chi connectivity index (χ2v) is 4.60. The van der Waals surface area contributed by atoms with Gasteiger partial charge in [0.1, 0.15) is 5.69 Å². The molecule has 0 aliphatic carbocycles. The molecule has 0 radical (unpaired) electrons. The SMILES string of the molecule is NCCC1CCN(c2c(F)c(F)c(F)c(F)c2F)C1. The van der Waals surface area contributed by atoms with Crippen LogP contribution in [0, 0.1) is 35.0 Å². The molecular formula is C12H13F5N2. The molecule has 1 fully saturated rings. The number of hydrogen-bond acceptors (Lipinski definition) is 2. The van der Waals surface area contributed by atoms with Crippen LogP contribution in [0.1, 0.15) is 12.8 Å². The molecule has 0 amide bonds. The molecule has 1 aliphatic rings. The standard InChI is InChI=1S/C12H13F5N2/c13-7-8(14)10(16)12(11(17)9(7)15)19-4-2-6(5-19)1-3-18/h6H,1-5,18H2. The lowest BCUT2D eigenvalue weighted by Crippen LogP contribution is -2.24. The lowest BCUT2D eigenvalue weighted by Gasteiger charge is -2.20. The molecule has 1 saturated heterocycles. The molecule has 1 atom stereocenters. The summed E-state index contributed by atoms with van der Waals surface area (Å²) in [6.45, 7) is 0.925. The predicted molar refractivity (Wildman–Crippen MR) is 60.2 cm³/mol. The Morgan fingerprint density at radius 3 is 2.00 bits per heavy atom. The van der Waals surface area contributed by atoms with E-state index in [0.717, 1.165) is 0 Å². The molecule has 0 bridgehead atoms. The quantitative estimate of drug-likeness (QED) is 0.524. The molecule has 19 heavy (non-hydrogen) atoms. The van der Waals surface area contributed by atoms with Crippen molar-refractivity contribution >= 4 is 5.69 Å². The van der Waals surface area contributed by atoms with E-state index in [1.165, 1.54) is 4.90 Å². The van der Waals surface area contributed by atoms with Crippen LogP contribution >= 0.6 is 0 Å². The Morgan fingerprint density at radius 1 is 0.947 bits per heavy atom. The minimum Gasteiger partial charge on any atom is -0.366 e. The van der Waals surface area contributed by atoms with Crippen molar-refractivity contribution in [1.82, 2.24) is 0 Å². The van der Waals surface area contributed by atoms with Crippen LogP contribution in [0.15, 0.2) is 0 Å². The molecule has 2 nitrogen and oxygen atoms in total. The van der Waals surface area contributed by atoms with Gasteiger partial charge in [-0.05, 0) is 25.3 Å². The number of benzene rings is 1. The molecule has 106 valence electrons. The van der Waals surface area contributed by atoms with Gasteiger partial charge in [-0.25, -0.2) is 22.0 Å². The summed E-state index contributed by atoms with van der Waals surface area (Å²) in [4.78, 5) is 1.19. The largest absolute Gasteiger partial charge is 0.366 e. The Kier molecular flexibility index (Phi) is 3.93. The number of rotatable bonds is 3. The zero-order valence-corrected chi connectivity index (χ0v) is 10.0. The van der Waals surface area contributed by atoms with E-state index in [-0.39, 0.29) is 19.0 Å². The average molecular weight is 280 g/mol. The number of nitrogens with two attached hydrogens (primary N) is 1. The molecule has 1 aromatic rings. The minimum atomic E-state index is -2.13. The summed E-state index contributed by atoms with van der Waals surface area (Å²) >= 11 is 0. The van der Waals surface area contributed by atoms with Gasteiger partial charge < -0.3 is 10.6 Å². The summed E-state index contributed by atoms with van der Waals surface area (Å²) in [5.74, 6) is -9.38. The van der Waals surface area contributed by atoms with Gasteiger partial charge in [0.25, 0.3) is 0 Å². The van der Waals surface area contributed by atoms with E-state index in [9.17, 15) is 22.0 Å². The predicted octanol–water partition coefficient (Wildman–Crippen LogP) is 2.56. The van der Waals surface area contributed by atoms with E-state index in [4.69, 9.17) is 5.73 Å². The molecule has 1 aliphatic heterocycles. The molecule has 0 spiro atoms. The Hall–Kier alpha value is -1.37. The van der Waals surface area contributed by atoms with Gasteiger partial charge in [-0.15, -0.1) is 0 Å². The highest BCUT2D eigenvalue weighted by Gasteiger charge is 2.32. The first-order valence-electron chi connectivity index (χ1n) is 5.93. The van der Waals surface area contributed by atoms with Crippen molar-refractivity contribution in [3.8, 4) is 0 Å². The van der Waals surface area contributed by atoms with E-state index in [1.54, 1.807) is 0 Å². The van der Waals surface area contributed by atoms with Crippen LogP contribution < -0.4 is 10.6 Å². The van der Waals surface area contributed by atoms with Gasteiger partial charge in [-0.3, -0.25) is 0 Å². The number of nitrogens with zero attached hydrogens (tertiary/aromatic N) is 1. The third kappa shape index (κ3) is 2.39. The fourth-order valence-electron chi connectivity index (χ4n) is 2.38. The fraction of sp³-hybridized carbons (Fsp3) is 0.500. The first-order chi connectivity index (χ1) is 8.97. The average Bonchev–Trinajstić information content (AvgIpc) is 2.83. The van der Waals surface area contributed by atoms with Crippen LogP contribution in [0.5, 0.6) is 0 Å². The second-order valence-electron chi connectivity index (χ2n) is 4.60. The van der Waals surface area contributed by atoms with Crippen molar-refractivity contribution < 1.29 is 22.0 Å². The maximum Gasteiger partial charge on any atom is 0.200 e. The summed E-state index contributed by atoms with van der Waals surface area (Å²) < 4.78 is 66.3. The molecule has 1 aromatic carbocycles. The molecule has 2 rings (SSSR count). The van der Waals surface area contributed by atoms with Gasteiger partial charge in [0.05, 0.1) is 0 Å². The highest BCUT2D eigenvalue weighted by Crippen LogP contribution is 2.33. The molecular weight excluding hydrogens is 267 g/mol. The molecule has 0 saturated carbocycles. The first-order valence-corrected chi connectivity index (χ1v) is 5.93. The summed E-state index contributed by atoms with van der Waals surface area (Å²) in [7, 11) is 0. The van der Waals surface area contributed by atoms with Gasteiger partial charge in [-0.2, -0.15) is 0 Å². The van der Waals surface area contributed by atoms with Crippen molar-refractivity contribution in [3.63, 3.8) is 0 Å². The molecule has 1 heterocycles. The molecule has 1 unspecified atom stereocenters. The Morgan fingerprint density at radius 2 is 1.47 bits per heavy atom. The van der Waals surface area contributed by atoms with Gasteiger partial charge in [-0.1, -0.05) is 0 Å². The van der Waals surface area contributed by atoms with Gasteiger partial charge in [0.2, 0.25) is 5.82 Å². The summed E-state index contributed by atoms with van der Waals surface area (Å²) in [6.07, 6.45) is 1.28. The summed E-state index contributed by atoms with van der Waals surface area (Å²) in [6, 6.07) is 0. The van der Waals surface area contributed by atoms with Crippen molar-refractivity contribution in [2.75, 3.05) is 24.5 Å². The fourth-order valence-corrected chi connectivity index (χ4v) is 2.38. The van der Waals surface area contributed by atoms with E-state index in [2.05, 4.69) is 0 Å². The third-order valence-electron chi connectivity index (χ3n) is 3.36. The van der Waals surface area contributed by atoms with E-state index >= 15 is 0 Å². The van der Waals surface area contributed by atoms with Crippen LogP contribution in [-0.4, -0.2) is 19.6 Å². The minimum absolute atomic E-state index is 0.111. The topological polar surface area (TPSA) is 29.3 Å². The number of hydrogen-bond donors (Lipinski definition) is 1. The Balaban J connectivity index is 2.36. The summed E-state index contributed by atoms with van der Waals surface area (Å²) in [5, 5.41) is 0. The normalized spacial score (nSPS) is 19.3. The van der Waals surface area contributed by atoms with Crippen molar-refractivity contribution in [2.45, 2.75) is 12.8 Å². The zero-order valence-electron chi connectivity index (χ0n) is 10.0. The Bertz CT molecular complexity index is 462. The van der Waals surface area contributed by atoms with Gasteiger partial charge >= 0.3 is 0 Å². The lowest BCUT2D eigenvalue weighted by molar-refractivity contribution is 0.378. The monoisotopic (exact) mass is 280 g/mol. The number of halogens is 5. The van der Waals surface area contributed by atoms with E-state index < -0.39 is 34.8 Å². The highest BCUT2D eigenvalue weighted by atomic mass is 19.2. The van der Waals surface area contributed by atoms with Crippen molar-refractivity contribution in [3.05, 3.63) is 29.1 Å². The van der Waals surface area contributed by atoms with E-state index in [0.29, 0.717) is 19.4 Å². The van der Waals surface area contributed by atoms with Crippen LogP contribution in [0.2, 0.25) is 0 Å². The van der Waals surface area contributed by atoms with Crippen molar-refractivity contribution in [1.29, 1.82) is 0 Å². The maximum atomic E-state index is 13.6. The zero-order chi connectivity index (χ0) is 14.2. The smallest absolute Gasteiger partial charge is 0.200 e. The van der Waals surface area contributed by atoms with Gasteiger partial charge in [0.15, 0.2) is 23.3 Å². The van der Waals surface area contributed by atoms with Crippen LogP contribution in [0.3, 0.4) is 0 Å².